The minimum Gasteiger partial charge on any atom is -0.477 e. The van der Waals surface area contributed by atoms with E-state index in [0.29, 0.717) is 47.7 Å². The lowest BCUT2D eigenvalue weighted by molar-refractivity contribution is -0.111. The summed E-state index contributed by atoms with van der Waals surface area (Å²) in [6.07, 6.45) is 4.66. The highest BCUT2D eigenvalue weighted by atomic mass is 79.9. The van der Waals surface area contributed by atoms with E-state index in [1.54, 1.807) is 29.1 Å². The fourth-order valence-corrected chi connectivity index (χ4v) is 4.88. The number of rotatable bonds is 2. The first-order valence-corrected chi connectivity index (χ1v) is 12.8. The highest BCUT2D eigenvalue weighted by Crippen LogP contribution is 2.33. The monoisotopic (exact) mass is 562 g/mol. The molecule has 10 heteroatoms. The van der Waals surface area contributed by atoms with Gasteiger partial charge in [0.25, 0.3) is 5.91 Å². The number of aryl methyl sites for hydroxylation is 1. The molecular weight excluding hydrogens is 536 g/mol. The number of carbonyl (C=O) groups excluding carboxylic acids is 2. The molecule has 2 N–H and O–H groups in total. The maximum Gasteiger partial charge on any atom is 0.258 e. The quantitative estimate of drug-likeness (QED) is 0.319. The van der Waals surface area contributed by atoms with E-state index < -0.39 is 0 Å². The van der Waals surface area contributed by atoms with Crippen molar-refractivity contribution in [1.29, 1.82) is 0 Å². The molecule has 2 aromatic carbocycles. The zero-order valence-electron chi connectivity index (χ0n) is 20.6. The number of ether oxygens (including phenoxy) is 1. The lowest BCUT2D eigenvalue weighted by Crippen LogP contribution is -2.18. The van der Waals surface area contributed by atoms with Crippen molar-refractivity contribution < 1.29 is 14.3 Å². The number of imidazole rings is 1. The average Bonchev–Trinajstić information content (AvgIpc) is 3.40. The molecule has 0 fully saturated rings. The first-order chi connectivity index (χ1) is 17.8. The highest BCUT2D eigenvalue weighted by Gasteiger charge is 2.21. The van der Waals surface area contributed by atoms with Gasteiger partial charge in [-0.3, -0.25) is 14.9 Å². The molecule has 0 spiro atoms. The van der Waals surface area contributed by atoms with Crippen LogP contribution in [0, 0.1) is 5.92 Å². The van der Waals surface area contributed by atoms with Gasteiger partial charge in [-0.25, -0.2) is 9.67 Å². The molecule has 1 aliphatic heterocycles. The Morgan fingerprint density at radius 2 is 2.08 bits per heavy atom. The number of halogens is 1. The van der Waals surface area contributed by atoms with Gasteiger partial charge in [-0.2, -0.15) is 5.10 Å². The van der Waals surface area contributed by atoms with Gasteiger partial charge < -0.3 is 14.6 Å². The SMILES string of the molecule is C=CC(=O)Nc1cc2cc(c1)-c1cnn(C)c1OCCC[C@@H](C)Cn1c(nc3ccc(Br)cc31)NC2=O. The molecule has 5 rings (SSSR count). The van der Waals surface area contributed by atoms with Gasteiger partial charge >= 0.3 is 0 Å². The van der Waals surface area contributed by atoms with Crippen LogP contribution in [0.3, 0.4) is 0 Å². The van der Waals surface area contributed by atoms with Gasteiger partial charge in [0.05, 0.1) is 29.4 Å². The smallest absolute Gasteiger partial charge is 0.258 e. The molecule has 1 aliphatic rings. The lowest BCUT2D eigenvalue weighted by atomic mass is 10.0. The molecule has 2 aromatic heterocycles. The van der Waals surface area contributed by atoms with Crippen LogP contribution in [0.4, 0.5) is 11.6 Å². The fraction of sp³-hybridized carbons (Fsp3) is 0.259. The predicted molar refractivity (Wildman–Crippen MR) is 147 cm³/mol. The third-order valence-electron chi connectivity index (χ3n) is 6.35. The number of hydrogen-bond donors (Lipinski definition) is 2. The third kappa shape index (κ3) is 5.15. The molecule has 2 amide bonds. The van der Waals surface area contributed by atoms with Gasteiger partial charge in [0.2, 0.25) is 17.7 Å². The van der Waals surface area contributed by atoms with E-state index >= 15 is 0 Å². The molecule has 0 saturated heterocycles. The zero-order valence-corrected chi connectivity index (χ0v) is 22.2. The van der Waals surface area contributed by atoms with Gasteiger partial charge in [-0.1, -0.05) is 29.4 Å². The summed E-state index contributed by atoms with van der Waals surface area (Å²) in [5.41, 5.74) is 3.96. The van der Waals surface area contributed by atoms with E-state index in [9.17, 15) is 9.59 Å². The van der Waals surface area contributed by atoms with Crippen LogP contribution in [0.15, 0.2) is 59.7 Å². The molecule has 1 atom stereocenters. The summed E-state index contributed by atoms with van der Waals surface area (Å²) in [7, 11) is 1.81. The number of amides is 2. The van der Waals surface area contributed by atoms with Crippen LogP contribution in [-0.4, -0.2) is 37.8 Å². The summed E-state index contributed by atoms with van der Waals surface area (Å²) in [6, 6.07) is 11.0. The van der Waals surface area contributed by atoms with Crippen molar-refractivity contribution in [2.45, 2.75) is 26.3 Å². The molecule has 4 aromatic rings. The van der Waals surface area contributed by atoms with E-state index in [0.717, 1.165) is 33.9 Å². The maximum atomic E-state index is 13.6. The molecule has 3 heterocycles. The number of anilines is 2. The summed E-state index contributed by atoms with van der Waals surface area (Å²) in [4.78, 5) is 30.4. The minimum atomic E-state index is -0.376. The lowest BCUT2D eigenvalue weighted by Gasteiger charge is -2.16. The Bertz CT molecular complexity index is 1520. The van der Waals surface area contributed by atoms with Crippen LogP contribution in [0.25, 0.3) is 22.2 Å². The van der Waals surface area contributed by atoms with Gasteiger partial charge in [0.1, 0.15) is 0 Å². The number of aromatic nitrogens is 4. The Morgan fingerprint density at radius 1 is 1.27 bits per heavy atom. The maximum absolute atomic E-state index is 13.6. The van der Waals surface area contributed by atoms with E-state index in [1.807, 2.05) is 29.8 Å². The molecule has 37 heavy (non-hydrogen) atoms. The number of nitrogens with zero attached hydrogens (tertiary/aromatic N) is 4. The van der Waals surface area contributed by atoms with Crippen LogP contribution >= 0.6 is 15.9 Å². The minimum absolute atomic E-state index is 0.313. The molecular formula is C27H27BrN6O3. The second kappa shape index (κ2) is 10.2. The predicted octanol–water partition coefficient (Wildman–Crippen LogP) is 5.38. The Labute approximate surface area is 222 Å². The summed E-state index contributed by atoms with van der Waals surface area (Å²) >= 11 is 3.55. The van der Waals surface area contributed by atoms with Crippen LogP contribution in [0.1, 0.15) is 30.1 Å². The molecule has 0 unspecified atom stereocenters. The highest BCUT2D eigenvalue weighted by molar-refractivity contribution is 9.10. The van der Waals surface area contributed by atoms with Gasteiger partial charge in [0.15, 0.2) is 0 Å². The first-order valence-electron chi connectivity index (χ1n) is 12.0. The Kier molecular flexibility index (Phi) is 6.84. The molecule has 190 valence electrons. The van der Waals surface area contributed by atoms with Gasteiger partial charge in [0, 0.05) is 29.3 Å². The van der Waals surface area contributed by atoms with Gasteiger partial charge in [-0.05, 0) is 66.8 Å². The topological polar surface area (TPSA) is 103 Å². The van der Waals surface area contributed by atoms with Crippen molar-refractivity contribution in [1.82, 2.24) is 19.3 Å². The van der Waals surface area contributed by atoms with Crippen LogP contribution < -0.4 is 15.4 Å². The van der Waals surface area contributed by atoms with Crippen molar-refractivity contribution >= 4 is 50.4 Å². The number of fused-ring (bicyclic) bond motifs is 7. The number of hydrogen-bond acceptors (Lipinski definition) is 5. The molecule has 0 radical (unpaired) electrons. The second-order valence-electron chi connectivity index (χ2n) is 9.21. The largest absolute Gasteiger partial charge is 0.477 e. The summed E-state index contributed by atoms with van der Waals surface area (Å²) in [5, 5.41) is 10.1. The van der Waals surface area contributed by atoms with Gasteiger partial charge in [-0.15, -0.1) is 0 Å². The number of benzene rings is 2. The molecule has 9 nitrogen and oxygen atoms in total. The summed E-state index contributed by atoms with van der Waals surface area (Å²) < 4.78 is 10.8. The number of nitrogens with one attached hydrogen (secondary N) is 2. The van der Waals surface area contributed by atoms with E-state index in [4.69, 9.17) is 9.72 Å². The molecule has 0 aliphatic carbocycles. The Morgan fingerprint density at radius 3 is 2.89 bits per heavy atom. The fourth-order valence-electron chi connectivity index (χ4n) is 4.53. The summed E-state index contributed by atoms with van der Waals surface area (Å²) in [6.45, 7) is 6.91. The van der Waals surface area contributed by atoms with Crippen molar-refractivity contribution in [3.05, 3.63) is 65.3 Å². The van der Waals surface area contributed by atoms with Crippen molar-refractivity contribution in [3.8, 4) is 17.0 Å². The van der Waals surface area contributed by atoms with E-state index in [1.165, 1.54) is 6.08 Å². The standard InChI is InChI=1S/C27H27BrN6O3/c1-4-24(35)30-20-11-17-10-18(12-20)25(36)32-27-31-22-8-7-19(28)13-23(22)34(27)15-16(2)6-5-9-37-26-21(17)14-29-33(26)3/h4,7-8,10-14,16H,1,5-6,9,15H2,2-3H3,(H,30,35)(H,31,32,36)/t16-/m1/s1. The number of carbonyl (C=O) groups is 2. The average molecular weight is 563 g/mol. The van der Waals surface area contributed by atoms with Crippen molar-refractivity contribution in [2.75, 3.05) is 17.2 Å². The van der Waals surface area contributed by atoms with Crippen LogP contribution in [0.5, 0.6) is 5.88 Å². The normalized spacial score (nSPS) is 16.0. The third-order valence-corrected chi connectivity index (χ3v) is 6.85. The van der Waals surface area contributed by atoms with Crippen LogP contribution in [-0.2, 0) is 18.4 Å². The first kappa shape index (κ1) is 24.8. The molecule has 0 saturated carbocycles. The summed E-state index contributed by atoms with van der Waals surface area (Å²) in [5.74, 6) is 0.664. The van der Waals surface area contributed by atoms with Crippen molar-refractivity contribution in [2.24, 2.45) is 13.0 Å². The Balaban J connectivity index is 1.64. The second-order valence-corrected chi connectivity index (χ2v) is 10.1. The van der Waals surface area contributed by atoms with E-state index in [2.05, 4.69) is 45.2 Å². The van der Waals surface area contributed by atoms with Crippen LogP contribution in [0.2, 0.25) is 0 Å². The Hall–Kier alpha value is -3.92. The zero-order chi connectivity index (χ0) is 26.1. The van der Waals surface area contributed by atoms with Crippen molar-refractivity contribution in [3.63, 3.8) is 0 Å². The van der Waals surface area contributed by atoms with E-state index in [-0.39, 0.29) is 11.8 Å². The molecule has 2 bridgehead atoms.